The summed E-state index contributed by atoms with van der Waals surface area (Å²) in [7, 11) is 7.38. The van der Waals surface area contributed by atoms with Crippen LogP contribution in [0.3, 0.4) is 0 Å². The summed E-state index contributed by atoms with van der Waals surface area (Å²) in [6.45, 7) is 11.4. The molecule has 1 aliphatic rings. The number of aldehydes is 1. The molecule has 28 heavy (non-hydrogen) atoms. The van der Waals surface area contributed by atoms with Gasteiger partial charge in [0.05, 0.1) is 22.8 Å². The average molecular weight is 400 g/mol. The van der Waals surface area contributed by atoms with Crippen molar-refractivity contribution in [3.05, 3.63) is 59.6 Å². The van der Waals surface area contributed by atoms with Gasteiger partial charge in [0.2, 0.25) is 0 Å². The van der Waals surface area contributed by atoms with Crippen LogP contribution in [-0.2, 0) is 11.3 Å². The van der Waals surface area contributed by atoms with E-state index >= 15 is 0 Å². The van der Waals surface area contributed by atoms with E-state index in [1.54, 1.807) is 11.9 Å². The van der Waals surface area contributed by atoms with E-state index < -0.39 is 0 Å². The van der Waals surface area contributed by atoms with Gasteiger partial charge in [-0.3, -0.25) is 9.69 Å². The van der Waals surface area contributed by atoms with Crippen molar-refractivity contribution in [1.82, 2.24) is 20.4 Å². The number of benzene rings is 1. The van der Waals surface area contributed by atoms with Gasteiger partial charge in [0, 0.05) is 44.9 Å². The fraction of sp³-hybridized carbons (Fsp3) is 0.381. The maximum atomic E-state index is 13.4. The number of hydrogen-bond acceptors (Lipinski definition) is 5. The van der Waals surface area contributed by atoms with E-state index in [0.29, 0.717) is 36.1 Å². The third-order valence-corrected chi connectivity index (χ3v) is 5.43. The molecule has 0 fully saturated rings. The van der Waals surface area contributed by atoms with Gasteiger partial charge in [0.25, 0.3) is 5.91 Å². The van der Waals surface area contributed by atoms with Gasteiger partial charge >= 0.3 is 0 Å². The van der Waals surface area contributed by atoms with Crippen molar-refractivity contribution < 1.29 is 9.59 Å². The summed E-state index contributed by atoms with van der Waals surface area (Å²) >= 11 is 0. The molecule has 7 heteroatoms. The first-order valence-corrected chi connectivity index (χ1v) is 9.85. The van der Waals surface area contributed by atoms with Crippen LogP contribution < -0.4 is 10.6 Å². The molecule has 0 saturated carbocycles. The first kappa shape index (κ1) is 21.7. The first-order chi connectivity index (χ1) is 13.4. The number of nitrogens with zero attached hydrogens (tertiary/aromatic N) is 2. The summed E-state index contributed by atoms with van der Waals surface area (Å²) < 4.78 is 0. The van der Waals surface area contributed by atoms with Crippen LogP contribution in [0.4, 0.5) is 0 Å². The van der Waals surface area contributed by atoms with Crippen LogP contribution in [0.2, 0.25) is 0 Å². The van der Waals surface area contributed by atoms with E-state index in [9.17, 15) is 9.59 Å². The molecule has 0 radical (unpaired) electrons. The molecule has 2 rings (SSSR count). The van der Waals surface area contributed by atoms with Gasteiger partial charge in [-0.05, 0) is 18.9 Å². The Morgan fingerprint density at radius 3 is 2.71 bits per heavy atom. The molecular formula is C21H29N4O2P. The lowest BCUT2D eigenvalue weighted by Gasteiger charge is -2.29. The molecule has 1 aromatic carbocycles. The molecule has 1 heterocycles. The summed E-state index contributed by atoms with van der Waals surface area (Å²) in [6, 6.07) is 5.52. The SMILES string of the molecule is C=C(NC)C(CCC=O)N1C(=O)c2c(CN(C)C(=C)NCC)cccc2C1=P. The van der Waals surface area contributed by atoms with Gasteiger partial charge in [-0.2, -0.15) is 0 Å². The van der Waals surface area contributed by atoms with Gasteiger partial charge in [-0.25, -0.2) is 0 Å². The molecule has 6 nitrogen and oxygen atoms in total. The zero-order valence-corrected chi connectivity index (χ0v) is 17.8. The second kappa shape index (κ2) is 9.56. The number of fused-ring (bicyclic) bond motifs is 1. The number of nitrogens with one attached hydrogen (secondary N) is 2. The molecule has 2 N–H and O–H groups in total. The fourth-order valence-electron chi connectivity index (χ4n) is 3.37. The van der Waals surface area contributed by atoms with E-state index in [1.165, 1.54) is 0 Å². The minimum Gasteiger partial charge on any atom is -0.390 e. The van der Waals surface area contributed by atoms with Crippen molar-refractivity contribution in [1.29, 1.82) is 0 Å². The van der Waals surface area contributed by atoms with E-state index in [4.69, 9.17) is 0 Å². The van der Waals surface area contributed by atoms with E-state index in [-0.39, 0.29) is 11.9 Å². The Kier molecular flexibility index (Phi) is 7.41. The Morgan fingerprint density at radius 1 is 1.39 bits per heavy atom. The van der Waals surface area contributed by atoms with Crippen molar-refractivity contribution >= 4 is 26.5 Å². The molecule has 1 atom stereocenters. The molecule has 0 bridgehead atoms. The molecule has 0 aliphatic carbocycles. The number of rotatable bonds is 11. The lowest BCUT2D eigenvalue weighted by Crippen LogP contribution is -2.43. The molecular weight excluding hydrogens is 371 g/mol. The number of carbonyl (C=O) groups excluding carboxylic acids is 2. The maximum Gasteiger partial charge on any atom is 0.260 e. The largest absolute Gasteiger partial charge is 0.390 e. The Labute approximate surface area is 169 Å². The highest BCUT2D eigenvalue weighted by Crippen LogP contribution is 2.32. The van der Waals surface area contributed by atoms with Crippen molar-refractivity contribution in [2.45, 2.75) is 32.4 Å². The molecule has 0 spiro atoms. The van der Waals surface area contributed by atoms with Crippen LogP contribution in [0.15, 0.2) is 42.9 Å². The second-order valence-corrected chi connectivity index (χ2v) is 7.21. The van der Waals surface area contributed by atoms with Crippen molar-refractivity contribution in [2.24, 2.45) is 0 Å². The lowest BCUT2D eigenvalue weighted by molar-refractivity contribution is -0.108. The Bertz CT molecular complexity index is 806. The zero-order valence-electron chi connectivity index (χ0n) is 16.8. The first-order valence-electron chi connectivity index (χ1n) is 9.35. The highest BCUT2D eigenvalue weighted by molar-refractivity contribution is 7.22. The van der Waals surface area contributed by atoms with Crippen molar-refractivity contribution in [3.8, 4) is 0 Å². The van der Waals surface area contributed by atoms with Gasteiger partial charge < -0.3 is 20.3 Å². The van der Waals surface area contributed by atoms with E-state index in [2.05, 4.69) is 32.7 Å². The third kappa shape index (κ3) is 4.28. The number of amides is 1. The van der Waals surface area contributed by atoms with Crippen LogP contribution >= 0.6 is 8.86 Å². The third-order valence-electron chi connectivity index (χ3n) is 4.92. The highest BCUT2D eigenvalue weighted by Gasteiger charge is 2.38. The van der Waals surface area contributed by atoms with Crippen molar-refractivity contribution in [3.63, 3.8) is 0 Å². The predicted octanol–water partition coefficient (Wildman–Crippen LogP) is 2.36. The lowest BCUT2D eigenvalue weighted by atomic mass is 10.0. The minimum absolute atomic E-state index is 0.0923. The van der Waals surface area contributed by atoms with Gasteiger partial charge in [-0.1, -0.05) is 40.2 Å². The van der Waals surface area contributed by atoms with E-state index in [0.717, 1.165) is 29.8 Å². The second-order valence-electron chi connectivity index (χ2n) is 6.73. The summed E-state index contributed by atoms with van der Waals surface area (Å²) in [5.41, 5.74) is 3.83. The molecule has 150 valence electrons. The predicted molar refractivity (Wildman–Crippen MR) is 117 cm³/mol. The summed E-state index contributed by atoms with van der Waals surface area (Å²) in [5, 5.41) is 6.22. The van der Waals surface area contributed by atoms with E-state index in [1.807, 2.05) is 37.1 Å². The van der Waals surface area contributed by atoms with Gasteiger partial charge in [0.1, 0.15) is 6.29 Å². The summed E-state index contributed by atoms with van der Waals surface area (Å²) in [4.78, 5) is 28.0. The van der Waals surface area contributed by atoms with Crippen LogP contribution in [0.5, 0.6) is 0 Å². The minimum atomic E-state index is -0.315. The Balaban J connectivity index is 2.37. The molecule has 1 aromatic rings. The normalized spacial score (nSPS) is 13.8. The Morgan fingerprint density at radius 2 is 2.11 bits per heavy atom. The molecule has 0 saturated heterocycles. The average Bonchev–Trinajstić information content (AvgIpc) is 2.94. The molecule has 1 aliphatic heterocycles. The standard InChI is InChI=1S/C21H29N4O2P/c1-6-23-15(3)24(5)13-16-9-7-10-17-19(16)20(27)25(21(17)28)18(11-8-12-26)14(2)22-4/h7,9-10,12,18,22-23,28H,2-3,6,8,11,13H2,1,4-5H3. The van der Waals surface area contributed by atoms with Crippen LogP contribution in [0.1, 0.15) is 41.3 Å². The Hall–Kier alpha value is -2.59. The quantitative estimate of drug-likeness (QED) is 0.441. The van der Waals surface area contributed by atoms with Crippen molar-refractivity contribution in [2.75, 3.05) is 20.6 Å². The zero-order chi connectivity index (χ0) is 20.8. The highest BCUT2D eigenvalue weighted by atomic mass is 31.0. The molecule has 1 amide bonds. The number of hydrogen-bond donors (Lipinski definition) is 2. The molecule has 1 unspecified atom stereocenters. The van der Waals surface area contributed by atoms with Crippen LogP contribution in [-0.4, -0.2) is 54.1 Å². The number of likely N-dealkylation sites (N-methyl/N-ethyl adjacent to an activating group) is 1. The monoisotopic (exact) mass is 400 g/mol. The number of carbonyl (C=O) groups is 2. The van der Waals surface area contributed by atoms with Gasteiger partial charge in [-0.15, -0.1) is 0 Å². The molecule has 0 aromatic heterocycles. The van der Waals surface area contributed by atoms with Crippen LogP contribution in [0, 0.1) is 0 Å². The summed E-state index contributed by atoms with van der Waals surface area (Å²) in [5.74, 6) is 0.711. The maximum absolute atomic E-state index is 13.4. The summed E-state index contributed by atoms with van der Waals surface area (Å²) in [6.07, 6.45) is 1.72. The van der Waals surface area contributed by atoms with Crippen LogP contribution in [0.25, 0.3) is 0 Å². The topological polar surface area (TPSA) is 64.7 Å². The smallest absolute Gasteiger partial charge is 0.260 e. The fourth-order valence-corrected chi connectivity index (χ4v) is 3.84. The van der Waals surface area contributed by atoms with Gasteiger partial charge in [0.15, 0.2) is 0 Å².